The lowest BCUT2D eigenvalue weighted by Crippen LogP contribution is -2.42. The van der Waals surface area contributed by atoms with Crippen LogP contribution >= 0.6 is 11.6 Å². The highest BCUT2D eigenvalue weighted by molar-refractivity contribution is 6.31. The minimum absolute atomic E-state index is 0.137. The Bertz CT molecular complexity index is 1230. The van der Waals surface area contributed by atoms with E-state index in [4.69, 9.17) is 17.3 Å². The molecule has 0 unspecified atom stereocenters. The smallest absolute Gasteiger partial charge is 0.377 e. The molecule has 0 bridgehead atoms. The molecule has 0 aliphatic carbocycles. The number of piperidine rings is 1. The molecule has 1 aliphatic heterocycles. The number of hydrogen-bond donors (Lipinski definition) is 1. The Balaban J connectivity index is 1.60. The Labute approximate surface area is 208 Å². The Hall–Kier alpha value is -3.25. The Kier molecular flexibility index (Phi) is 7.22. The van der Waals surface area contributed by atoms with E-state index in [-0.39, 0.29) is 11.0 Å². The molecule has 3 nitrogen and oxygen atoms in total. The van der Waals surface area contributed by atoms with E-state index >= 15 is 0 Å². The number of benzene rings is 3. The molecule has 1 saturated heterocycles. The van der Waals surface area contributed by atoms with Gasteiger partial charge in [0.2, 0.25) is 5.91 Å². The standard InChI is InChI=1S/C28H26ClF3N2O/c29-25-12-6-5-11-24(25)27(19-21-8-1-3-9-22(21)26(33)35)14-17-34(18-15-27)16-13-20-7-2-4-10-23(20)28(30,31)32/h1-13,16H,14-15,17-19H2,(H2,33,35). The van der Waals surface area contributed by atoms with Crippen LogP contribution in [-0.2, 0) is 18.0 Å². The van der Waals surface area contributed by atoms with Gasteiger partial charge in [-0.1, -0.05) is 66.2 Å². The fourth-order valence-corrected chi connectivity index (χ4v) is 5.24. The van der Waals surface area contributed by atoms with Gasteiger partial charge in [-0.2, -0.15) is 13.2 Å². The van der Waals surface area contributed by atoms with Crippen LogP contribution in [0.15, 0.2) is 79.0 Å². The number of nitrogens with two attached hydrogens (primary N) is 1. The van der Waals surface area contributed by atoms with Crippen LogP contribution in [0.3, 0.4) is 0 Å². The number of nitrogens with zero attached hydrogens (tertiary/aromatic N) is 1. The van der Waals surface area contributed by atoms with Crippen LogP contribution in [0.25, 0.3) is 6.08 Å². The van der Waals surface area contributed by atoms with Gasteiger partial charge >= 0.3 is 6.18 Å². The predicted octanol–water partition coefficient (Wildman–Crippen LogP) is 6.70. The lowest BCUT2D eigenvalue weighted by molar-refractivity contribution is -0.137. The Morgan fingerprint density at radius 1 is 0.971 bits per heavy atom. The molecular weight excluding hydrogens is 473 g/mol. The average molecular weight is 499 g/mol. The van der Waals surface area contributed by atoms with Gasteiger partial charge in [0.05, 0.1) is 5.56 Å². The van der Waals surface area contributed by atoms with Crippen LogP contribution < -0.4 is 5.73 Å². The molecule has 4 rings (SSSR count). The van der Waals surface area contributed by atoms with Gasteiger partial charge in [0.25, 0.3) is 0 Å². The SMILES string of the molecule is NC(=O)c1ccccc1CC1(c2ccccc2Cl)CCN(C=Cc2ccccc2C(F)(F)F)CC1. The van der Waals surface area contributed by atoms with Gasteiger partial charge in [-0.05, 0) is 66.4 Å². The van der Waals surface area contributed by atoms with Gasteiger partial charge in [0.1, 0.15) is 0 Å². The summed E-state index contributed by atoms with van der Waals surface area (Å²) in [5, 5.41) is 0.659. The van der Waals surface area contributed by atoms with E-state index in [9.17, 15) is 18.0 Å². The summed E-state index contributed by atoms with van der Waals surface area (Å²) in [5.74, 6) is -0.474. The van der Waals surface area contributed by atoms with Crippen molar-refractivity contribution in [3.8, 4) is 0 Å². The number of rotatable bonds is 6. The third-order valence-corrected chi connectivity index (χ3v) is 7.07. The van der Waals surface area contributed by atoms with Crippen LogP contribution in [0.2, 0.25) is 5.02 Å². The topological polar surface area (TPSA) is 46.3 Å². The van der Waals surface area contributed by atoms with E-state index in [0.29, 0.717) is 30.1 Å². The number of carbonyl (C=O) groups is 1. The maximum Gasteiger partial charge on any atom is 0.416 e. The average Bonchev–Trinajstić information content (AvgIpc) is 2.84. The van der Waals surface area contributed by atoms with Crippen molar-refractivity contribution in [2.45, 2.75) is 30.9 Å². The van der Waals surface area contributed by atoms with Gasteiger partial charge in [-0.25, -0.2) is 0 Å². The van der Waals surface area contributed by atoms with E-state index in [1.54, 1.807) is 24.4 Å². The molecule has 1 aliphatic rings. The summed E-state index contributed by atoms with van der Waals surface area (Å²) < 4.78 is 40.0. The number of hydrogen-bond acceptors (Lipinski definition) is 2. The third-order valence-electron chi connectivity index (χ3n) is 6.74. The summed E-state index contributed by atoms with van der Waals surface area (Å²) in [6, 6.07) is 20.6. The summed E-state index contributed by atoms with van der Waals surface area (Å²) in [6.07, 6.45) is 0.872. The lowest BCUT2D eigenvalue weighted by Gasteiger charge is -2.43. The maximum atomic E-state index is 13.3. The van der Waals surface area contributed by atoms with E-state index in [1.165, 1.54) is 18.2 Å². The highest BCUT2D eigenvalue weighted by Crippen LogP contribution is 2.42. The second-order valence-electron chi connectivity index (χ2n) is 8.90. The number of primary amides is 1. The zero-order valence-electron chi connectivity index (χ0n) is 19.1. The summed E-state index contributed by atoms with van der Waals surface area (Å²) in [6.45, 7) is 1.27. The van der Waals surface area contributed by atoms with Gasteiger partial charge in [0.15, 0.2) is 0 Å². The predicted molar refractivity (Wildman–Crippen MR) is 133 cm³/mol. The fraction of sp³-hybridized carbons (Fsp3) is 0.250. The van der Waals surface area contributed by atoms with Crippen LogP contribution in [0.1, 0.15) is 45.5 Å². The van der Waals surface area contributed by atoms with Crippen LogP contribution in [0.4, 0.5) is 13.2 Å². The second-order valence-corrected chi connectivity index (χ2v) is 9.30. The Morgan fingerprint density at radius 2 is 1.60 bits per heavy atom. The van der Waals surface area contributed by atoms with E-state index in [1.807, 2.05) is 41.3 Å². The largest absolute Gasteiger partial charge is 0.416 e. The fourth-order valence-electron chi connectivity index (χ4n) is 4.90. The van der Waals surface area contributed by atoms with Crippen LogP contribution in [-0.4, -0.2) is 23.9 Å². The van der Waals surface area contributed by atoms with E-state index in [0.717, 1.165) is 30.0 Å². The first-order valence-electron chi connectivity index (χ1n) is 11.4. The molecule has 7 heteroatoms. The second kappa shape index (κ2) is 10.2. The highest BCUT2D eigenvalue weighted by atomic mass is 35.5. The molecule has 2 N–H and O–H groups in total. The van der Waals surface area contributed by atoms with Crippen molar-refractivity contribution >= 4 is 23.6 Å². The third kappa shape index (κ3) is 5.54. The number of amides is 1. The maximum absolute atomic E-state index is 13.3. The van der Waals surface area contributed by atoms with Gasteiger partial charge in [0, 0.05) is 29.1 Å². The van der Waals surface area contributed by atoms with Gasteiger partial charge in [-0.15, -0.1) is 0 Å². The molecule has 1 fully saturated rings. The van der Waals surface area contributed by atoms with Crippen molar-refractivity contribution in [3.05, 3.63) is 112 Å². The zero-order valence-corrected chi connectivity index (χ0v) is 19.8. The molecule has 1 amide bonds. The minimum atomic E-state index is -4.41. The molecule has 0 radical (unpaired) electrons. The molecule has 3 aromatic rings. The molecule has 0 aromatic heterocycles. The first kappa shape index (κ1) is 24.9. The van der Waals surface area contributed by atoms with Crippen molar-refractivity contribution in [2.75, 3.05) is 13.1 Å². The molecule has 0 spiro atoms. The van der Waals surface area contributed by atoms with Crippen molar-refractivity contribution in [3.63, 3.8) is 0 Å². The highest BCUT2D eigenvalue weighted by Gasteiger charge is 2.38. The summed E-state index contributed by atoms with van der Waals surface area (Å²) >= 11 is 6.63. The number of halogens is 4. The summed E-state index contributed by atoms with van der Waals surface area (Å²) in [5.41, 5.74) is 7.14. The van der Waals surface area contributed by atoms with Gasteiger partial charge < -0.3 is 10.6 Å². The van der Waals surface area contributed by atoms with Crippen molar-refractivity contribution < 1.29 is 18.0 Å². The summed E-state index contributed by atoms with van der Waals surface area (Å²) in [7, 11) is 0. The van der Waals surface area contributed by atoms with Crippen molar-refractivity contribution in [2.24, 2.45) is 5.73 Å². The monoisotopic (exact) mass is 498 g/mol. The molecule has 0 saturated carbocycles. The molecule has 182 valence electrons. The summed E-state index contributed by atoms with van der Waals surface area (Å²) in [4.78, 5) is 14.1. The lowest BCUT2D eigenvalue weighted by atomic mass is 9.68. The quantitative estimate of drug-likeness (QED) is 0.411. The molecule has 1 heterocycles. The zero-order chi connectivity index (χ0) is 25.1. The Morgan fingerprint density at radius 3 is 2.29 bits per heavy atom. The normalized spacial score (nSPS) is 15.9. The minimum Gasteiger partial charge on any atom is -0.377 e. The van der Waals surface area contributed by atoms with Crippen LogP contribution in [0.5, 0.6) is 0 Å². The first-order chi connectivity index (χ1) is 16.7. The molecular formula is C28H26ClF3N2O. The number of likely N-dealkylation sites (tertiary alicyclic amines) is 1. The van der Waals surface area contributed by atoms with Gasteiger partial charge in [-0.3, -0.25) is 4.79 Å². The van der Waals surface area contributed by atoms with E-state index in [2.05, 4.69) is 0 Å². The molecule has 3 aromatic carbocycles. The molecule has 35 heavy (non-hydrogen) atoms. The van der Waals surface area contributed by atoms with Crippen molar-refractivity contribution in [1.82, 2.24) is 4.90 Å². The van der Waals surface area contributed by atoms with E-state index < -0.39 is 17.6 Å². The first-order valence-corrected chi connectivity index (χ1v) is 11.8. The number of alkyl halides is 3. The van der Waals surface area contributed by atoms with Crippen molar-refractivity contribution in [1.29, 1.82) is 0 Å². The molecule has 0 atom stereocenters. The van der Waals surface area contributed by atoms with Crippen LogP contribution in [0, 0.1) is 0 Å². The number of carbonyl (C=O) groups excluding carboxylic acids is 1.